The van der Waals surface area contributed by atoms with Gasteiger partial charge in [-0.15, -0.1) is 0 Å². The van der Waals surface area contributed by atoms with Crippen LogP contribution in [0.25, 0.3) is 0 Å². The fraction of sp³-hybridized carbons (Fsp3) is 0.536. The minimum Gasteiger partial charge on any atom is -0.493 e. The van der Waals surface area contributed by atoms with E-state index in [1.165, 1.54) is 21.3 Å². The lowest BCUT2D eigenvalue weighted by atomic mass is 9.66. The van der Waals surface area contributed by atoms with E-state index in [0.29, 0.717) is 45.4 Å². The highest BCUT2D eigenvalue weighted by atomic mass is 16.7. The molecule has 0 bridgehead atoms. The molecule has 3 heterocycles. The van der Waals surface area contributed by atoms with Crippen LogP contribution < -0.4 is 23.7 Å². The normalized spacial score (nSPS) is 33.5. The van der Waals surface area contributed by atoms with Crippen molar-refractivity contribution in [3.63, 3.8) is 0 Å². The Morgan fingerprint density at radius 2 is 1.51 bits per heavy atom. The van der Waals surface area contributed by atoms with Crippen LogP contribution in [-0.2, 0) is 19.0 Å². The molecule has 6 rings (SSSR count). The Bertz CT molecular complexity index is 1290. The van der Waals surface area contributed by atoms with Crippen LogP contribution in [0.5, 0.6) is 28.7 Å². The number of aliphatic hydroxyl groups excluding tert-OH is 4. The van der Waals surface area contributed by atoms with E-state index in [9.17, 15) is 25.2 Å². The van der Waals surface area contributed by atoms with Gasteiger partial charge in [-0.25, -0.2) is 0 Å². The van der Waals surface area contributed by atoms with Gasteiger partial charge in [-0.3, -0.25) is 4.79 Å². The number of aliphatic hydroxyl groups is 4. The number of hydrogen-bond acceptors (Lipinski definition) is 13. The van der Waals surface area contributed by atoms with Crippen molar-refractivity contribution >= 4 is 5.97 Å². The number of ether oxygens (including phenoxy) is 8. The highest BCUT2D eigenvalue weighted by Crippen LogP contribution is 2.57. The quantitative estimate of drug-likeness (QED) is 0.331. The topological polar surface area (TPSA) is 172 Å². The van der Waals surface area contributed by atoms with Crippen molar-refractivity contribution in [3.05, 3.63) is 41.0 Å². The summed E-state index contributed by atoms with van der Waals surface area (Å²) in [5.74, 6) is -0.112. The fourth-order valence-electron chi connectivity index (χ4n) is 6.29. The number of rotatable bonds is 7. The minimum absolute atomic E-state index is 0.0141. The fourth-order valence-corrected chi connectivity index (χ4v) is 6.29. The van der Waals surface area contributed by atoms with E-state index in [4.69, 9.17) is 37.9 Å². The summed E-state index contributed by atoms with van der Waals surface area (Å²) in [6, 6.07) is 7.11. The highest BCUT2D eigenvalue weighted by Gasteiger charge is 2.55. The molecule has 0 spiro atoms. The zero-order valence-corrected chi connectivity index (χ0v) is 22.6. The zero-order valence-electron chi connectivity index (χ0n) is 22.6. The largest absolute Gasteiger partial charge is 0.493 e. The van der Waals surface area contributed by atoms with Crippen molar-refractivity contribution in [3.8, 4) is 28.7 Å². The molecular formula is C28H32O13. The first kappa shape index (κ1) is 27.8. The van der Waals surface area contributed by atoms with E-state index in [2.05, 4.69) is 0 Å². The lowest BCUT2D eigenvalue weighted by Gasteiger charge is -2.44. The molecule has 0 amide bonds. The summed E-state index contributed by atoms with van der Waals surface area (Å²) in [6.45, 7) is -0.581. The van der Waals surface area contributed by atoms with Crippen LogP contribution in [0, 0.1) is 11.8 Å². The van der Waals surface area contributed by atoms with Gasteiger partial charge in [0, 0.05) is 11.8 Å². The van der Waals surface area contributed by atoms with E-state index in [-0.39, 0.29) is 13.4 Å². The third-order valence-corrected chi connectivity index (χ3v) is 8.29. The summed E-state index contributed by atoms with van der Waals surface area (Å²) >= 11 is 0. The van der Waals surface area contributed by atoms with Gasteiger partial charge in [0.1, 0.15) is 24.4 Å². The predicted molar refractivity (Wildman–Crippen MR) is 136 cm³/mol. The maximum absolute atomic E-state index is 13.4. The molecule has 0 aromatic heterocycles. The number of hydrogen-bond donors (Lipinski definition) is 4. The summed E-state index contributed by atoms with van der Waals surface area (Å²) in [7, 11) is 4.51. The second-order valence-electron chi connectivity index (χ2n) is 10.3. The smallest absolute Gasteiger partial charge is 0.310 e. The van der Waals surface area contributed by atoms with Crippen LogP contribution in [0.2, 0.25) is 0 Å². The van der Waals surface area contributed by atoms with Crippen molar-refractivity contribution in [1.82, 2.24) is 0 Å². The van der Waals surface area contributed by atoms with Crippen molar-refractivity contribution in [2.75, 3.05) is 41.3 Å². The molecule has 4 aliphatic rings. The Balaban J connectivity index is 1.49. The van der Waals surface area contributed by atoms with Gasteiger partial charge in [0.15, 0.2) is 29.3 Å². The number of cyclic esters (lactones) is 1. The highest BCUT2D eigenvalue weighted by molar-refractivity contribution is 5.79. The molecule has 41 heavy (non-hydrogen) atoms. The van der Waals surface area contributed by atoms with Crippen molar-refractivity contribution < 1.29 is 63.1 Å². The molecule has 0 saturated carbocycles. The van der Waals surface area contributed by atoms with Crippen LogP contribution in [0.3, 0.4) is 0 Å². The summed E-state index contributed by atoms with van der Waals surface area (Å²) in [5, 5.41) is 41.0. The number of esters is 1. The molecule has 3 aliphatic heterocycles. The second-order valence-corrected chi connectivity index (χ2v) is 10.3. The van der Waals surface area contributed by atoms with Gasteiger partial charge in [0.25, 0.3) is 0 Å². The number of fused-ring (bicyclic) bond motifs is 3. The molecule has 0 radical (unpaired) electrons. The maximum Gasteiger partial charge on any atom is 0.310 e. The number of carbonyl (C=O) groups excluding carboxylic acids is 1. The Morgan fingerprint density at radius 3 is 2.12 bits per heavy atom. The first-order chi connectivity index (χ1) is 19.8. The van der Waals surface area contributed by atoms with E-state index in [0.717, 1.165) is 0 Å². The Kier molecular flexibility index (Phi) is 7.34. The predicted octanol–water partition coefficient (Wildman–Crippen LogP) is 0.233. The molecule has 13 nitrogen and oxygen atoms in total. The molecule has 4 N–H and O–H groups in total. The molecule has 2 saturated heterocycles. The van der Waals surface area contributed by atoms with Crippen LogP contribution in [-0.4, -0.2) is 98.4 Å². The van der Waals surface area contributed by atoms with Crippen LogP contribution in [0.15, 0.2) is 24.3 Å². The SMILES string of the molecule is COc1cc([C@@H]2c3cc4c(cc3[C@@H](O[C@H]3O[C@@H](CO)[C@H](O)[C@@H](O)[C@@H]3O)[C@@H]3COC(=O)[C@H]23)OCO4)cc(OC)c1OC. The Labute approximate surface area is 235 Å². The van der Waals surface area contributed by atoms with Gasteiger partial charge in [0.2, 0.25) is 12.5 Å². The average molecular weight is 577 g/mol. The number of benzene rings is 2. The molecule has 9 atom stereocenters. The van der Waals surface area contributed by atoms with Crippen LogP contribution >= 0.6 is 0 Å². The second kappa shape index (κ2) is 10.8. The number of carbonyl (C=O) groups is 1. The lowest BCUT2D eigenvalue weighted by Crippen LogP contribution is -2.59. The summed E-state index contributed by atoms with van der Waals surface area (Å²) in [6.07, 6.45) is -8.26. The zero-order chi connectivity index (χ0) is 29.0. The third kappa shape index (κ3) is 4.44. The summed E-state index contributed by atoms with van der Waals surface area (Å²) in [5.41, 5.74) is 2.00. The Hall–Kier alpha value is -3.33. The first-order valence-corrected chi connectivity index (χ1v) is 13.2. The van der Waals surface area contributed by atoms with Gasteiger partial charge in [-0.05, 0) is 41.0 Å². The molecule has 2 aromatic rings. The minimum atomic E-state index is -1.63. The summed E-state index contributed by atoms with van der Waals surface area (Å²) < 4.78 is 45.5. The van der Waals surface area contributed by atoms with Gasteiger partial charge < -0.3 is 58.3 Å². The van der Waals surface area contributed by atoms with E-state index >= 15 is 0 Å². The van der Waals surface area contributed by atoms with Gasteiger partial charge in [-0.2, -0.15) is 0 Å². The maximum atomic E-state index is 13.4. The molecular weight excluding hydrogens is 544 g/mol. The molecule has 0 unspecified atom stereocenters. The van der Waals surface area contributed by atoms with Crippen LogP contribution in [0.1, 0.15) is 28.7 Å². The third-order valence-electron chi connectivity index (χ3n) is 8.29. The van der Waals surface area contributed by atoms with Crippen molar-refractivity contribution in [2.45, 2.75) is 42.7 Å². The van der Waals surface area contributed by atoms with E-state index < -0.39 is 67.1 Å². The molecule has 1 aliphatic carbocycles. The van der Waals surface area contributed by atoms with E-state index in [1.807, 2.05) is 0 Å². The van der Waals surface area contributed by atoms with E-state index in [1.54, 1.807) is 24.3 Å². The molecule has 2 aromatic carbocycles. The van der Waals surface area contributed by atoms with Gasteiger partial charge in [-0.1, -0.05) is 0 Å². The lowest BCUT2D eigenvalue weighted by molar-refractivity contribution is -0.317. The van der Waals surface area contributed by atoms with Crippen molar-refractivity contribution in [1.29, 1.82) is 0 Å². The number of methoxy groups -OCH3 is 3. The molecule has 2 fully saturated rings. The van der Waals surface area contributed by atoms with Crippen LogP contribution in [0.4, 0.5) is 0 Å². The van der Waals surface area contributed by atoms with Gasteiger partial charge in [0.05, 0.1) is 46.6 Å². The average Bonchev–Trinajstić information content (AvgIpc) is 3.61. The summed E-state index contributed by atoms with van der Waals surface area (Å²) in [4.78, 5) is 13.4. The van der Waals surface area contributed by atoms with Crippen molar-refractivity contribution in [2.24, 2.45) is 11.8 Å². The monoisotopic (exact) mass is 576 g/mol. The molecule has 13 heteroatoms. The van der Waals surface area contributed by atoms with Gasteiger partial charge >= 0.3 is 5.97 Å². The molecule has 222 valence electrons. The first-order valence-electron chi connectivity index (χ1n) is 13.2. The Morgan fingerprint density at radius 1 is 0.854 bits per heavy atom. The standard InChI is InChI=1S/C28H32O13/c1-34-17-4-11(5-18(35-2)26(17)36-3)20-12-6-15-16(39-10-38-15)7-13(12)25(14-9-37-27(33)21(14)20)41-28-24(32)23(31)22(30)19(8-29)40-28/h4-7,14,19-25,28-32H,8-10H2,1-3H3/t14-,19+,20-,21+,22+,23-,24+,25-,28-/m1/s1.